The Balaban J connectivity index is 2.09. The molecule has 0 aromatic heterocycles. The largest absolute Gasteiger partial charge is 0.416 e. The van der Waals surface area contributed by atoms with Gasteiger partial charge in [-0.05, 0) is 48.4 Å². The van der Waals surface area contributed by atoms with Crippen LogP contribution in [0.5, 0.6) is 0 Å². The zero-order valence-electron chi connectivity index (χ0n) is 26.4. The zero-order valence-corrected chi connectivity index (χ0v) is 26.4. The summed E-state index contributed by atoms with van der Waals surface area (Å²) in [5, 5.41) is 19.3. The maximum Gasteiger partial charge on any atom is 0.416 e. The molecule has 0 spiro atoms. The van der Waals surface area contributed by atoms with Gasteiger partial charge in [0.2, 0.25) is 23.6 Å². The minimum absolute atomic E-state index is 0.320. The summed E-state index contributed by atoms with van der Waals surface area (Å²) in [7, 11) is 0. The lowest BCUT2D eigenvalue weighted by Gasteiger charge is -2.29. The number of benzene rings is 2. The van der Waals surface area contributed by atoms with Crippen LogP contribution in [0.25, 0.3) is 11.1 Å². The molecular weight excluding hydrogens is 607 g/mol. The van der Waals surface area contributed by atoms with Crippen LogP contribution in [0.2, 0.25) is 0 Å². The Morgan fingerprint density at radius 3 is 1.72 bits per heavy atom. The second kappa shape index (κ2) is 16.7. The molecule has 0 bridgehead atoms. The molecule has 46 heavy (non-hydrogen) atoms. The molecule has 7 N–H and O–H groups in total. The number of aliphatic hydroxyl groups is 1. The van der Waals surface area contributed by atoms with E-state index in [0.717, 1.165) is 11.1 Å². The van der Waals surface area contributed by atoms with E-state index in [2.05, 4.69) is 16.0 Å². The molecule has 0 saturated heterocycles. The SMILES string of the molecule is CC(NC(=O)C(NC(=O)C(NC(=O)c1ccc(-c2ccccc2)cc1)C(C)C)C(C)C)C(=O)NC(CCC(N)=O)C(O)C(F)(F)F. The van der Waals surface area contributed by atoms with E-state index in [-0.39, 0.29) is 5.92 Å². The van der Waals surface area contributed by atoms with Crippen molar-refractivity contribution in [3.05, 3.63) is 60.2 Å². The third-order valence-corrected chi connectivity index (χ3v) is 7.23. The van der Waals surface area contributed by atoms with Crippen molar-refractivity contribution < 1.29 is 42.3 Å². The van der Waals surface area contributed by atoms with Crippen LogP contribution < -0.4 is 27.0 Å². The number of aliphatic hydroxyl groups excluding tert-OH is 1. The Morgan fingerprint density at radius 2 is 1.22 bits per heavy atom. The van der Waals surface area contributed by atoms with Crippen molar-refractivity contribution in [2.45, 2.75) is 83.9 Å². The first-order valence-electron chi connectivity index (χ1n) is 14.8. The number of nitrogens with one attached hydrogen (secondary N) is 4. The Bertz CT molecular complexity index is 1350. The lowest BCUT2D eigenvalue weighted by Crippen LogP contribution is -2.59. The second-order valence-corrected chi connectivity index (χ2v) is 11.7. The third kappa shape index (κ3) is 11.2. The molecule has 0 aliphatic carbocycles. The van der Waals surface area contributed by atoms with E-state index in [1.54, 1.807) is 52.0 Å². The average molecular weight is 650 g/mol. The Hall–Kier alpha value is -4.46. The summed E-state index contributed by atoms with van der Waals surface area (Å²) >= 11 is 0. The maximum absolute atomic E-state index is 13.3. The van der Waals surface area contributed by atoms with Crippen molar-refractivity contribution >= 4 is 29.5 Å². The Labute approximate surface area is 265 Å². The van der Waals surface area contributed by atoms with Gasteiger partial charge < -0.3 is 32.1 Å². The fourth-order valence-electron chi connectivity index (χ4n) is 4.49. The number of amides is 5. The van der Waals surface area contributed by atoms with E-state index >= 15 is 0 Å². The number of primary amides is 1. The molecule has 252 valence electrons. The number of carbonyl (C=O) groups is 5. The van der Waals surface area contributed by atoms with Gasteiger partial charge in [0.05, 0.1) is 6.04 Å². The van der Waals surface area contributed by atoms with Crippen LogP contribution in [-0.2, 0) is 19.2 Å². The molecule has 2 rings (SSSR count). The van der Waals surface area contributed by atoms with Gasteiger partial charge in [0, 0.05) is 12.0 Å². The summed E-state index contributed by atoms with van der Waals surface area (Å²) in [5.74, 6) is -4.84. The molecule has 0 radical (unpaired) electrons. The van der Waals surface area contributed by atoms with Crippen LogP contribution in [0.1, 0.15) is 57.8 Å². The van der Waals surface area contributed by atoms with Crippen LogP contribution in [0.3, 0.4) is 0 Å². The summed E-state index contributed by atoms with van der Waals surface area (Å²) in [6, 6.07) is 10.9. The Kier molecular flexibility index (Phi) is 13.7. The average Bonchev–Trinajstić information content (AvgIpc) is 2.99. The summed E-state index contributed by atoms with van der Waals surface area (Å²) in [6.45, 7) is 7.89. The van der Waals surface area contributed by atoms with E-state index < -0.39 is 84.7 Å². The van der Waals surface area contributed by atoms with Crippen molar-refractivity contribution in [2.24, 2.45) is 17.6 Å². The molecule has 0 aliphatic rings. The monoisotopic (exact) mass is 649 g/mol. The van der Waals surface area contributed by atoms with Gasteiger partial charge in [-0.15, -0.1) is 0 Å². The van der Waals surface area contributed by atoms with E-state index in [9.17, 15) is 42.3 Å². The predicted octanol–water partition coefficient (Wildman–Crippen LogP) is 2.43. The lowest BCUT2D eigenvalue weighted by atomic mass is 9.98. The van der Waals surface area contributed by atoms with Gasteiger partial charge in [-0.2, -0.15) is 13.2 Å². The van der Waals surface area contributed by atoms with Crippen molar-refractivity contribution in [2.75, 3.05) is 0 Å². The van der Waals surface area contributed by atoms with Gasteiger partial charge in [0.15, 0.2) is 6.10 Å². The maximum atomic E-state index is 13.3. The highest BCUT2D eigenvalue weighted by atomic mass is 19.4. The van der Waals surface area contributed by atoms with Gasteiger partial charge >= 0.3 is 6.18 Å². The smallest absolute Gasteiger partial charge is 0.382 e. The number of halogens is 3. The first-order valence-corrected chi connectivity index (χ1v) is 14.8. The number of hydrogen-bond donors (Lipinski definition) is 6. The van der Waals surface area contributed by atoms with Crippen LogP contribution >= 0.6 is 0 Å². The van der Waals surface area contributed by atoms with Gasteiger partial charge in [0.1, 0.15) is 18.1 Å². The fourth-order valence-corrected chi connectivity index (χ4v) is 4.49. The van der Waals surface area contributed by atoms with Crippen molar-refractivity contribution in [3.8, 4) is 11.1 Å². The van der Waals surface area contributed by atoms with Crippen LogP contribution in [0, 0.1) is 11.8 Å². The minimum atomic E-state index is -5.09. The summed E-state index contributed by atoms with van der Waals surface area (Å²) in [6.07, 6.45) is -9.20. The highest BCUT2D eigenvalue weighted by molar-refractivity contribution is 5.99. The molecule has 2 aromatic rings. The first-order chi connectivity index (χ1) is 21.4. The predicted molar refractivity (Wildman–Crippen MR) is 165 cm³/mol. The van der Waals surface area contributed by atoms with Crippen molar-refractivity contribution in [1.29, 1.82) is 0 Å². The standard InChI is InChI=1S/C32H42F3N5O6/c1-17(2)25(30(45)37-19(5)28(43)38-23(15-16-24(36)41)27(42)32(33,34)35)40-31(46)26(18(3)4)39-29(44)22-13-11-21(12-14-22)20-9-7-6-8-10-20/h6-14,17-19,23,25-27,42H,15-16H2,1-5H3,(H2,36,41)(H,37,45)(H,38,43)(H,39,44)(H,40,46). The van der Waals surface area contributed by atoms with E-state index in [0.29, 0.717) is 5.56 Å². The van der Waals surface area contributed by atoms with Gasteiger partial charge in [-0.25, -0.2) is 0 Å². The molecule has 14 heteroatoms. The van der Waals surface area contributed by atoms with Crippen molar-refractivity contribution in [3.63, 3.8) is 0 Å². The first kappa shape index (κ1) is 37.7. The zero-order chi connectivity index (χ0) is 34.8. The number of nitrogens with two attached hydrogens (primary N) is 1. The highest BCUT2D eigenvalue weighted by Crippen LogP contribution is 2.24. The number of alkyl halides is 3. The number of carbonyl (C=O) groups excluding carboxylic acids is 5. The summed E-state index contributed by atoms with van der Waals surface area (Å²) in [4.78, 5) is 63.2. The van der Waals surface area contributed by atoms with Crippen LogP contribution in [-0.4, -0.2) is 71.1 Å². The third-order valence-electron chi connectivity index (χ3n) is 7.23. The molecule has 0 saturated carbocycles. The summed E-state index contributed by atoms with van der Waals surface area (Å²) in [5.41, 5.74) is 7.20. The molecule has 11 nitrogen and oxygen atoms in total. The van der Waals surface area contributed by atoms with Crippen LogP contribution in [0.4, 0.5) is 13.2 Å². The van der Waals surface area contributed by atoms with Gasteiger partial charge in [0.25, 0.3) is 5.91 Å². The van der Waals surface area contributed by atoms with Gasteiger partial charge in [-0.3, -0.25) is 24.0 Å². The molecule has 0 fully saturated rings. The van der Waals surface area contributed by atoms with Crippen LogP contribution in [0.15, 0.2) is 54.6 Å². The fraction of sp³-hybridized carbons (Fsp3) is 0.469. The normalized spacial score (nSPS) is 14.8. The molecular formula is C32H42F3N5O6. The quantitative estimate of drug-likeness (QED) is 0.172. The van der Waals surface area contributed by atoms with E-state index in [1.165, 1.54) is 6.92 Å². The molecule has 5 unspecified atom stereocenters. The summed E-state index contributed by atoms with van der Waals surface area (Å²) < 4.78 is 39.4. The highest BCUT2D eigenvalue weighted by Gasteiger charge is 2.44. The molecule has 0 heterocycles. The molecule has 5 amide bonds. The topological polar surface area (TPSA) is 180 Å². The van der Waals surface area contributed by atoms with E-state index in [1.807, 2.05) is 35.6 Å². The van der Waals surface area contributed by atoms with E-state index in [4.69, 9.17) is 5.73 Å². The minimum Gasteiger partial charge on any atom is -0.382 e. The second-order valence-electron chi connectivity index (χ2n) is 11.7. The lowest BCUT2D eigenvalue weighted by molar-refractivity contribution is -0.212. The molecule has 0 aliphatic heterocycles. The Morgan fingerprint density at radius 1 is 0.717 bits per heavy atom. The number of rotatable bonds is 15. The molecule has 2 aromatic carbocycles. The molecule has 5 atom stereocenters. The van der Waals surface area contributed by atoms with Gasteiger partial charge in [-0.1, -0.05) is 70.2 Å². The number of hydrogen-bond acceptors (Lipinski definition) is 6. The van der Waals surface area contributed by atoms with Crippen molar-refractivity contribution in [1.82, 2.24) is 21.3 Å².